The van der Waals surface area contributed by atoms with Crippen LogP contribution in [0.2, 0.25) is 0 Å². The van der Waals surface area contributed by atoms with Gasteiger partial charge in [0.05, 0.1) is 25.7 Å². The molecule has 0 aliphatic carbocycles. The maximum Gasteiger partial charge on any atom is 0.234 e. The second-order valence-electron chi connectivity index (χ2n) is 5.41. The Labute approximate surface area is 147 Å². The van der Waals surface area contributed by atoms with Crippen LogP contribution in [-0.2, 0) is 4.79 Å². The Morgan fingerprint density at radius 2 is 1.71 bits per heavy atom. The van der Waals surface area contributed by atoms with E-state index in [0.717, 1.165) is 5.56 Å². The van der Waals surface area contributed by atoms with Crippen LogP contribution < -0.4 is 20.1 Å². The van der Waals surface area contributed by atoms with Crippen LogP contribution in [0.3, 0.4) is 0 Å². The summed E-state index contributed by atoms with van der Waals surface area (Å²) in [4.78, 5) is 11.7. The molecule has 1 heterocycles. The summed E-state index contributed by atoms with van der Waals surface area (Å²) in [7, 11) is 1.61. The van der Waals surface area contributed by atoms with E-state index in [1.54, 1.807) is 7.11 Å². The quantitative estimate of drug-likeness (QED) is 0.870. The summed E-state index contributed by atoms with van der Waals surface area (Å²) < 4.78 is 11.2. The molecule has 24 heavy (non-hydrogen) atoms. The molecule has 0 unspecified atom stereocenters. The van der Waals surface area contributed by atoms with E-state index in [4.69, 9.17) is 9.47 Å². The van der Waals surface area contributed by atoms with E-state index in [2.05, 4.69) is 10.6 Å². The van der Waals surface area contributed by atoms with Crippen molar-refractivity contribution >= 4 is 18.3 Å². The van der Waals surface area contributed by atoms with E-state index in [1.165, 1.54) is 0 Å². The minimum Gasteiger partial charge on any atom is -0.493 e. The summed E-state index contributed by atoms with van der Waals surface area (Å²) in [5, 5.41) is 6.28. The van der Waals surface area contributed by atoms with E-state index in [-0.39, 0.29) is 30.4 Å². The Hall–Kier alpha value is -2.24. The smallest absolute Gasteiger partial charge is 0.234 e. The highest BCUT2D eigenvalue weighted by Gasteiger charge is 2.30. The van der Waals surface area contributed by atoms with Crippen molar-refractivity contribution < 1.29 is 14.3 Å². The molecule has 2 aromatic rings. The molecule has 1 amide bonds. The first-order valence-corrected chi connectivity index (χ1v) is 7.61. The van der Waals surface area contributed by atoms with Crippen molar-refractivity contribution in [1.82, 2.24) is 10.6 Å². The largest absolute Gasteiger partial charge is 0.493 e. The van der Waals surface area contributed by atoms with Crippen LogP contribution in [0.4, 0.5) is 0 Å². The number of nitrogens with one attached hydrogen (secondary N) is 2. The summed E-state index contributed by atoms with van der Waals surface area (Å²) in [6, 6.07) is 17.4. The van der Waals surface area contributed by atoms with Gasteiger partial charge in [0.25, 0.3) is 0 Å². The molecule has 1 aliphatic rings. The third kappa shape index (κ3) is 4.19. The SMILES string of the molecule is COc1ccccc1OC[C@H]1NC(=O)CN[C@H]1c1ccccc1.Cl. The number of carbonyl (C=O) groups excluding carboxylic acids is 1. The standard InChI is InChI=1S/C18H20N2O3.ClH/c1-22-15-9-5-6-10-16(15)23-12-14-18(19-11-17(21)20-14)13-7-3-2-4-8-13;/h2-10,14,18-19H,11-12H2,1H3,(H,20,21);1H/t14-,18+;/m1./s1. The number of methoxy groups -OCH3 is 1. The topological polar surface area (TPSA) is 59.6 Å². The maximum atomic E-state index is 11.7. The fraction of sp³-hybridized carbons (Fsp3) is 0.278. The molecular weight excluding hydrogens is 328 g/mol. The highest BCUT2D eigenvalue weighted by Crippen LogP contribution is 2.27. The number of para-hydroxylation sites is 2. The summed E-state index contributed by atoms with van der Waals surface area (Å²) in [5.74, 6) is 1.33. The van der Waals surface area contributed by atoms with E-state index in [0.29, 0.717) is 24.7 Å². The number of benzene rings is 2. The molecule has 1 saturated heterocycles. The van der Waals surface area contributed by atoms with E-state index >= 15 is 0 Å². The van der Waals surface area contributed by atoms with Crippen LogP contribution in [0.5, 0.6) is 11.5 Å². The maximum absolute atomic E-state index is 11.7. The van der Waals surface area contributed by atoms with Gasteiger partial charge in [-0.25, -0.2) is 0 Å². The third-order valence-electron chi connectivity index (χ3n) is 3.88. The molecule has 128 valence electrons. The fourth-order valence-electron chi connectivity index (χ4n) is 2.75. The van der Waals surface area contributed by atoms with Gasteiger partial charge < -0.3 is 14.8 Å². The molecule has 0 radical (unpaired) electrons. The van der Waals surface area contributed by atoms with Gasteiger partial charge in [0, 0.05) is 0 Å². The van der Waals surface area contributed by atoms with Gasteiger partial charge in [0.2, 0.25) is 5.91 Å². The molecular formula is C18H21ClN2O3. The van der Waals surface area contributed by atoms with Crippen molar-refractivity contribution in [2.24, 2.45) is 0 Å². The molecule has 0 bridgehead atoms. The lowest BCUT2D eigenvalue weighted by Crippen LogP contribution is -2.56. The molecule has 1 fully saturated rings. The molecule has 5 nitrogen and oxygen atoms in total. The molecule has 0 saturated carbocycles. The van der Waals surface area contributed by atoms with Crippen LogP contribution in [0.25, 0.3) is 0 Å². The normalized spacial score (nSPS) is 19.8. The molecule has 2 N–H and O–H groups in total. The Balaban J connectivity index is 0.00000208. The van der Waals surface area contributed by atoms with E-state index < -0.39 is 0 Å². The van der Waals surface area contributed by atoms with Crippen LogP contribution in [0.1, 0.15) is 11.6 Å². The number of carbonyl (C=O) groups is 1. The van der Waals surface area contributed by atoms with Crippen molar-refractivity contribution in [2.75, 3.05) is 20.3 Å². The van der Waals surface area contributed by atoms with Crippen molar-refractivity contribution in [3.05, 3.63) is 60.2 Å². The molecule has 2 aromatic carbocycles. The summed E-state index contributed by atoms with van der Waals surface area (Å²) in [6.45, 7) is 0.670. The predicted molar refractivity (Wildman–Crippen MR) is 94.9 cm³/mol. The Kier molecular flexibility index (Phi) is 6.46. The minimum atomic E-state index is -0.149. The van der Waals surface area contributed by atoms with Crippen LogP contribution in [-0.4, -0.2) is 32.2 Å². The highest BCUT2D eigenvalue weighted by molar-refractivity contribution is 5.85. The summed E-state index contributed by atoms with van der Waals surface area (Å²) in [5.41, 5.74) is 1.13. The zero-order valence-electron chi connectivity index (χ0n) is 13.4. The number of amides is 1. The first kappa shape index (κ1) is 18.1. The zero-order valence-corrected chi connectivity index (χ0v) is 14.2. The van der Waals surface area contributed by atoms with Crippen molar-refractivity contribution in [1.29, 1.82) is 0 Å². The van der Waals surface area contributed by atoms with Gasteiger partial charge in [-0.15, -0.1) is 12.4 Å². The van der Waals surface area contributed by atoms with E-state index in [9.17, 15) is 4.79 Å². The number of hydrogen-bond donors (Lipinski definition) is 2. The molecule has 0 aromatic heterocycles. The number of halogens is 1. The Bertz CT molecular complexity index is 666. The molecule has 3 rings (SSSR count). The van der Waals surface area contributed by atoms with Gasteiger partial charge in [-0.05, 0) is 17.7 Å². The second kappa shape index (κ2) is 8.57. The van der Waals surface area contributed by atoms with Crippen LogP contribution >= 0.6 is 12.4 Å². The lowest BCUT2D eigenvalue weighted by atomic mass is 9.98. The van der Waals surface area contributed by atoms with Gasteiger partial charge >= 0.3 is 0 Å². The predicted octanol–water partition coefficient (Wildman–Crippen LogP) is 2.33. The minimum absolute atomic E-state index is 0. The van der Waals surface area contributed by atoms with Gasteiger partial charge in [-0.3, -0.25) is 10.1 Å². The Morgan fingerprint density at radius 3 is 2.42 bits per heavy atom. The average Bonchev–Trinajstić information content (AvgIpc) is 2.61. The van der Waals surface area contributed by atoms with Crippen molar-refractivity contribution in [2.45, 2.75) is 12.1 Å². The van der Waals surface area contributed by atoms with Crippen molar-refractivity contribution in [3.8, 4) is 11.5 Å². The molecule has 6 heteroatoms. The monoisotopic (exact) mass is 348 g/mol. The average molecular weight is 349 g/mol. The van der Waals surface area contributed by atoms with Crippen LogP contribution in [0, 0.1) is 0 Å². The fourth-order valence-corrected chi connectivity index (χ4v) is 2.75. The second-order valence-corrected chi connectivity index (χ2v) is 5.41. The summed E-state index contributed by atoms with van der Waals surface area (Å²) in [6.07, 6.45) is 0. The zero-order chi connectivity index (χ0) is 16.1. The van der Waals surface area contributed by atoms with Crippen molar-refractivity contribution in [3.63, 3.8) is 0 Å². The molecule has 2 atom stereocenters. The highest BCUT2D eigenvalue weighted by atomic mass is 35.5. The first-order valence-electron chi connectivity index (χ1n) is 7.61. The van der Waals surface area contributed by atoms with Gasteiger partial charge in [-0.1, -0.05) is 42.5 Å². The number of rotatable bonds is 5. The number of hydrogen-bond acceptors (Lipinski definition) is 4. The third-order valence-corrected chi connectivity index (χ3v) is 3.88. The Morgan fingerprint density at radius 1 is 1.04 bits per heavy atom. The lowest BCUT2D eigenvalue weighted by molar-refractivity contribution is -0.123. The first-order chi connectivity index (χ1) is 11.3. The van der Waals surface area contributed by atoms with Gasteiger partial charge in [0.1, 0.15) is 6.61 Å². The lowest BCUT2D eigenvalue weighted by Gasteiger charge is -2.33. The molecule has 1 aliphatic heterocycles. The van der Waals surface area contributed by atoms with Crippen LogP contribution in [0.15, 0.2) is 54.6 Å². The number of piperazine rings is 1. The van der Waals surface area contributed by atoms with Gasteiger partial charge in [-0.2, -0.15) is 0 Å². The molecule has 0 spiro atoms. The van der Waals surface area contributed by atoms with Gasteiger partial charge in [0.15, 0.2) is 11.5 Å². The van der Waals surface area contributed by atoms with E-state index in [1.807, 2.05) is 54.6 Å². The number of ether oxygens (including phenoxy) is 2. The summed E-state index contributed by atoms with van der Waals surface area (Å²) >= 11 is 0.